The van der Waals surface area contributed by atoms with E-state index in [1.54, 1.807) is 6.07 Å². The van der Waals surface area contributed by atoms with Gasteiger partial charge in [0.25, 0.3) is 0 Å². The van der Waals surface area contributed by atoms with E-state index in [0.717, 1.165) is 31.1 Å². The Balaban J connectivity index is 1.99. The Hall–Kier alpha value is -1.13. The van der Waals surface area contributed by atoms with Crippen LogP contribution < -0.4 is 5.32 Å². The fraction of sp³-hybridized carbons (Fsp3) is 0.500. The number of phenols is 1. The first-order chi connectivity index (χ1) is 7.67. The van der Waals surface area contributed by atoms with Crippen molar-refractivity contribution in [1.82, 2.24) is 10.2 Å². The van der Waals surface area contributed by atoms with E-state index in [1.165, 1.54) is 6.07 Å². The highest BCUT2D eigenvalue weighted by molar-refractivity contribution is 5.28. The molecule has 0 saturated carbocycles. The van der Waals surface area contributed by atoms with Gasteiger partial charge in [0, 0.05) is 31.7 Å². The number of hydrogen-bond donors (Lipinski definition) is 2. The van der Waals surface area contributed by atoms with Crippen molar-refractivity contribution in [3.63, 3.8) is 0 Å². The minimum Gasteiger partial charge on any atom is -0.508 e. The molecule has 1 fully saturated rings. The van der Waals surface area contributed by atoms with Gasteiger partial charge >= 0.3 is 0 Å². The largest absolute Gasteiger partial charge is 0.508 e. The van der Waals surface area contributed by atoms with E-state index in [4.69, 9.17) is 0 Å². The minimum absolute atomic E-state index is 0.000589. The van der Waals surface area contributed by atoms with Crippen molar-refractivity contribution in [1.29, 1.82) is 0 Å². The van der Waals surface area contributed by atoms with Crippen molar-refractivity contribution in [3.8, 4) is 5.75 Å². The van der Waals surface area contributed by atoms with Crippen LogP contribution >= 0.6 is 0 Å². The van der Waals surface area contributed by atoms with E-state index in [9.17, 15) is 9.50 Å². The van der Waals surface area contributed by atoms with Crippen LogP contribution in [0.2, 0.25) is 0 Å². The van der Waals surface area contributed by atoms with Gasteiger partial charge in [0.15, 0.2) is 0 Å². The highest BCUT2D eigenvalue weighted by Crippen LogP contribution is 2.18. The number of benzene rings is 1. The van der Waals surface area contributed by atoms with E-state index in [-0.39, 0.29) is 11.6 Å². The molecule has 1 saturated heterocycles. The highest BCUT2D eigenvalue weighted by atomic mass is 19.1. The molecule has 1 aliphatic heterocycles. The van der Waals surface area contributed by atoms with E-state index in [0.29, 0.717) is 12.6 Å². The zero-order valence-corrected chi connectivity index (χ0v) is 9.41. The van der Waals surface area contributed by atoms with Crippen molar-refractivity contribution in [2.24, 2.45) is 0 Å². The van der Waals surface area contributed by atoms with Crippen LogP contribution in [-0.4, -0.2) is 36.2 Å². The summed E-state index contributed by atoms with van der Waals surface area (Å²) in [4.78, 5) is 2.26. The number of nitrogens with zero attached hydrogens (tertiary/aromatic N) is 1. The average Bonchev–Trinajstić information content (AvgIpc) is 2.64. The normalized spacial score (nSPS) is 21.5. The summed E-state index contributed by atoms with van der Waals surface area (Å²) in [7, 11) is 1.96. The first-order valence-corrected chi connectivity index (χ1v) is 5.55. The van der Waals surface area contributed by atoms with Crippen LogP contribution in [0.1, 0.15) is 12.0 Å². The van der Waals surface area contributed by atoms with Gasteiger partial charge in [-0.1, -0.05) is 0 Å². The van der Waals surface area contributed by atoms with Gasteiger partial charge in [-0.3, -0.25) is 4.90 Å². The number of aromatic hydroxyl groups is 1. The monoisotopic (exact) mass is 224 g/mol. The molecule has 1 aromatic carbocycles. The molecule has 0 spiro atoms. The van der Waals surface area contributed by atoms with Crippen LogP contribution in [0, 0.1) is 5.82 Å². The summed E-state index contributed by atoms with van der Waals surface area (Å²) in [6.45, 7) is 2.69. The summed E-state index contributed by atoms with van der Waals surface area (Å²) in [6, 6.07) is 4.76. The lowest BCUT2D eigenvalue weighted by Gasteiger charge is -2.16. The topological polar surface area (TPSA) is 35.5 Å². The molecular weight excluding hydrogens is 207 g/mol. The molecule has 3 nitrogen and oxygen atoms in total. The molecule has 1 unspecified atom stereocenters. The first-order valence-electron chi connectivity index (χ1n) is 5.55. The third kappa shape index (κ3) is 2.71. The molecule has 1 aliphatic rings. The van der Waals surface area contributed by atoms with Crippen LogP contribution in [-0.2, 0) is 6.54 Å². The second-order valence-corrected chi connectivity index (χ2v) is 4.33. The van der Waals surface area contributed by atoms with Crippen molar-refractivity contribution in [3.05, 3.63) is 29.6 Å². The molecule has 4 heteroatoms. The van der Waals surface area contributed by atoms with Crippen LogP contribution in [0.4, 0.5) is 4.39 Å². The highest BCUT2D eigenvalue weighted by Gasteiger charge is 2.20. The predicted octanol–water partition coefficient (Wildman–Crippen LogP) is 1.32. The molecule has 2 rings (SSSR count). The van der Waals surface area contributed by atoms with E-state index >= 15 is 0 Å². The second-order valence-electron chi connectivity index (χ2n) is 4.33. The molecule has 0 aliphatic carbocycles. The Morgan fingerprint density at radius 1 is 1.50 bits per heavy atom. The van der Waals surface area contributed by atoms with Gasteiger partial charge in [0.2, 0.25) is 0 Å². The number of nitrogens with one attached hydrogen (secondary N) is 1. The van der Waals surface area contributed by atoms with E-state index in [2.05, 4.69) is 10.2 Å². The summed E-state index contributed by atoms with van der Waals surface area (Å²) in [5, 5.41) is 12.5. The Bertz CT molecular complexity index is 350. The van der Waals surface area contributed by atoms with Gasteiger partial charge in [0.05, 0.1) is 0 Å². The zero-order chi connectivity index (χ0) is 11.5. The Labute approximate surface area is 94.9 Å². The van der Waals surface area contributed by atoms with Gasteiger partial charge in [0.1, 0.15) is 11.6 Å². The molecule has 88 valence electrons. The van der Waals surface area contributed by atoms with Crippen LogP contribution in [0.15, 0.2) is 18.2 Å². The summed E-state index contributed by atoms with van der Waals surface area (Å²) in [5.74, 6) is -0.376. The number of halogens is 1. The molecule has 1 atom stereocenters. The predicted molar refractivity (Wildman–Crippen MR) is 60.8 cm³/mol. The molecule has 1 heterocycles. The van der Waals surface area contributed by atoms with Crippen LogP contribution in [0.25, 0.3) is 0 Å². The molecule has 1 aromatic rings. The first kappa shape index (κ1) is 11.4. The van der Waals surface area contributed by atoms with Gasteiger partial charge in [-0.25, -0.2) is 4.39 Å². The smallest absolute Gasteiger partial charge is 0.127 e. The van der Waals surface area contributed by atoms with Crippen molar-refractivity contribution in [2.45, 2.75) is 19.0 Å². The summed E-state index contributed by atoms with van der Waals surface area (Å²) in [6.07, 6.45) is 1.12. The maximum absolute atomic E-state index is 13.1. The summed E-state index contributed by atoms with van der Waals surface area (Å²) >= 11 is 0. The second kappa shape index (κ2) is 4.80. The molecular formula is C12H17FN2O. The lowest BCUT2D eigenvalue weighted by atomic mass is 10.2. The summed E-state index contributed by atoms with van der Waals surface area (Å²) < 4.78 is 13.1. The van der Waals surface area contributed by atoms with Gasteiger partial charge in [-0.05, 0) is 31.2 Å². The van der Waals surface area contributed by atoms with Crippen LogP contribution in [0.3, 0.4) is 0 Å². The van der Waals surface area contributed by atoms with Crippen molar-refractivity contribution < 1.29 is 9.50 Å². The fourth-order valence-electron chi connectivity index (χ4n) is 2.19. The SMILES string of the molecule is CNC1CCN(Cc2cc(O)cc(F)c2)C1. The zero-order valence-electron chi connectivity index (χ0n) is 9.41. The minimum atomic E-state index is -0.376. The Morgan fingerprint density at radius 3 is 2.94 bits per heavy atom. The molecule has 0 amide bonds. The number of rotatable bonds is 3. The van der Waals surface area contributed by atoms with E-state index < -0.39 is 0 Å². The lowest BCUT2D eigenvalue weighted by Crippen LogP contribution is -2.29. The van der Waals surface area contributed by atoms with Crippen molar-refractivity contribution in [2.75, 3.05) is 20.1 Å². The van der Waals surface area contributed by atoms with E-state index in [1.807, 2.05) is 7.05 Å². The number of likely N-dealkylation sites (N-methyl/N-ethyl adjacent to an activating group) is 1. The lowest BCUT2D eigenvalue weighted by molar-refractivity contribution is 0.321. The Kier molecular flexibility index (Phi) is 3.41. The van der Waals surface area contributed by atoms with Gasteiger partial charge in [-0.2, -0.15) is 0 Å². The maximum atomic E-state index is 13.1. The Morgan fingerprint density at radius 2 is 2.31 bits per heavy atom. The molecule has 16 heavy (non-hydrogen) atoms. The molecule has 0 radical (unpaired) electrons. The van der Waals surface area contributed by atoms with Crippen molar-refractivity contribution >= 4 is 0 Å². The van der Waals surface area contributed by atoms with Gasteiger partial charge in [-0.15, -0.1) is 0 Å². The molecule has 2 N–H and O–H groups in total. The maximum Gasteiger partial charge on any atom is 0.127 e. The number of phenolic OH excluding ortho intramolecular Hbond substituents is 1. The fourth-order valence-corrected chi connectivity index (χ4v) is 2.19. The number of likely N-dealkylation sites (tertiary alicyclic amines) is 1. The summed E-state index contributed by atoms with van der Waals surface area (Å²) in [5.41, 5.74) is 0.828. The average molecular weight is 224 g/mol. The van der Waals surface area contributed by atoms with Gasteiger partial charge < -0.3 is 10.4 Å². The quantitative estimate of drug-likeness (QED) is 0.813. The third-order valence-electron chi connectivity index (χ3n) is 3.03. The number of hydrogen-bond acceptors (Lipinski definition) is 3. The van der Waals surface area contributed by atoms with Crippen LogP contribution in [0.5, 0.6) is 5.75 Å². The third-order valence-corrected chi connectivity index (χ3v) is 3.03. The molecule has 0 bridgehead atoms. The standard InChI is InChI=1S/C12H17FN2O/c1-14-11-2-3-15(8-11)7-9-4-10(13)6-12(16)5-9/h4-6,11,14,16H,2-3,7-8H2,1H3. The molecule has 0 aromatic heterocycles.